The summed E-state index contributed by atoms with van der Waals surface area (Å²) in [4.78, 5) is 0. The van der Waals surface area contributed by atoms with Gasteiger partial charge in [0.1, 0.15) is 5.75 Å². The van der Waals surface area contributed by atoms with E-state index in [0.29, 0.717) is 11.7 Å². The van der Waals surface area contributed by atoms with E-state index in [1.807, 2.05) is 24.3 Å². The molecule has 4 nitrogen and oxygen atoms in total. The van der Waals surface area contributed by atoms with Crippen molar-refractivity contribution in [2.45, 2.75) is 32.2 Å². The van der Waals surface area contributed by atoms with Crippen LogP contribution in [0, 0.1) is 0 Å². The minimum absolute atomic E-state index is 0.565. The number of nitrogens with zero attached hydrogens (tertiary/aromatic N) is 1. The first kappa shape index (κ1) is 13.8. The van der Waals surface area contributed by atoms with Crippen molar-refractivity contribution >= 4 is 23.0 Å². The van der Waals surface area contributed by atoms with Crippen LogP contribution in [0.15, 0.2) is 29.4 Å². The van der Waals surface area contributed by atoms with E-state index in [4.69, 9.17) is 17.0 Å². The Bertz CT molecular complexity index is 448. The van der Waals surface area contributed by atoms with E-state index in [1.165, 1.54) is 18.6 Å². The Hall–Kier alpha value is -1.62. The van der Waals surface area contributed by atoms with Gasteiger partial charge in [-0.1, -0.05) is 12.1 Å². The minimum Gasteiger partial charge on any atom is -0.497 e. The van der Waals surface area contributed by atoms with E-state index in [0.717, 1.165) is 24.2 Å². The molecule has 0 aliphatic heterocycles. The fourth-order valence-electron chi connectivity index (χ4n) is 1.99. The van der Waals surface area contributed by atoms with Crippen molar-refractivity contribution in [1.29, 1.82) is 0 Å². The van der Waals surface area contributed by atoms with Gasteiger partial charge in [-0.25, -0.2) is 0 Å². The lowest BCUT2D eigenvalue weighted by Crippen LogP contribution is -2.32. The van der Waals surface area contributed by atoms with Gasteiger partial charge in [0.2, 0.25) is 0 Å². The second-order valence-electron chi connectivity index (χ2n) is 4.53. The van der Waals surface area contributed by atoms with Crippen LogP contribution < -0.4 is 15.5 Å². The lowest BCUT2D eigenvalue weighted by atomic mass is 10.2. The Labute approximate surface area is 119 Å². The molecule has 2 rings (SSSR count). The average molecular weight is 277 g/mol. The van der Waals surface area contributed by atoms with E-state index in [2.05, 4.69) is 15.8 Å². The molecule has 0 aromatic heterocycles. The Morgan fingerprint density at radius 2 is 1.95 bits per heavy atom. The third-order valence-electron chi connectivity index (χ3n) is 3.11. The zero-order valence-corrected chi connectivity index (χ0v) is 11.9. The number of ether oxygens (including phenoxy) is 1. The van der Waals surface area contributed by atoms with Crippen LogP contribution in [0.5, 0.6) is 5.75 Å². The van der Waals surface area contributed by atoms with Crippen molar-refractivity contribution in [3.63, 3.8) is 0 Å². The summed E-state index contributed by atoms with van der Waals surface area (Å²) in [5.74, 6) is 0.858. The molecule has 1 aromatic carbocycles. The van der Waals surface area contributed by atoms with Crippen molar-refractivity contribution in [3.05, 3.63) is 29.8 Å². The summed E-state index contributed by atoms with van der Waals surface area (Å²) >= 11 is 5.18. The quantitative estimate of drug-likeness (QED) is 0.656. The molecule has 1 aromatic rings. The first-order valence-corrected chi connectivity index (χ1v) is 6.91. The van der Waals surface area contributed by atoms with E-state index in [-0.39, 0.29) is 0 Å². The summed E-state index contributed by atoms with van der Waals surface area (Å²) in [7, 11) is 1.66. The smallest absolute Gasteiger partial charge is 0.187 e. The van der Waals surface area contributed by atoms with Crippen LogP contribution in [0.3, 0.4) is 0 Å². The number of rotatable bonds is 4. The summed E-state index contributed by atoms with van der Waals surface area (Å²) in [5.41, 5.74) is 5.27. The topological polar surface area (TPSA) is 45.6 Å². The van der Waals surface area contributed by atoms with Gasteiger partial charge in [0.05, 0.1) is 7.11 Å². The molecule has 102 valence electrons. The molecule has 0 amide bonds. The van der Waals surface area contributed by atoms with E-state index in [1.54, 1.807) is 7.11 Å². The molecule has 1 aliphatic rings. The molecule has 0 bridgehead atoms. The monoisotopic (exact) mass is 277 g/mol. The van der Waals surface area contributed by atoms with Crippen molar-refractivity contribution in [1.82, 2.24) is 10.7 Å². The van der Waals surface area contributed by atoms with Crippen molar-refractivity contribution in [2.24, 2.45) is 5.10 Å². The van der Waals surface area contributed by atoms with Crippen LogP contribution >= 0.6 is 12.2 Å². The highest BCUT2D eigenvalue weighted by Crippen LogP contribution is 2.13. The number of hydrazone groups is 1. The summed E-state index contributed by atoms with van der Waals surface area (Å²) < 4.78 is 5.11. The summed E-state index contributed by atoms with van der Waals surface area (Å²) in [6.45, 7) is 0.681. The normalized spacial score (nSPS) is 14.1. The van der Waals surface area contributed by atoms with Crippen LogP contribution in [0.4, 0.5) is 0 Å². The second kappa shape index (κ2) is 7.09. The maximum Gasteiger partial charge on any atom is 0.187 e. The number of nitrogens with one attached hydrogen (secondary N) is 2. The average Bonchev–Trinajstić information content (AvgIpc) is 2.96. The van der Waals surface area contributed by atoms with Crippen molar-refractivity contribution < 1.29 is 4.74 Å². The largest absolute Gasteiger partial charge is 0.497 e. The molecule has 2 N–H and O–H groups in total. The van der Waals surface area contributed by atoms with E-state index in [9.17, 15) is 0 Å². The zero-order valence-electron chi connectivity index (χ0n) is 11.1. The van der Waals surface area contributed by atoms with E-state index < -0.39 is 0 Å². The fraction of sp³-hybridized carbons (Fsp3) is 0.429. The van der Waals surface area contributed by atoms with Gasteiger partial charge in [-0.15, -0.1) is 0 Å². The van der Waals surface area contributed by atoms with Gasteiger partial charge in [0.15, 0.2) is 5.11 Å². The number of benzene rings is 1. The Balaban J connectivity index is 1.74. The van der Waals surface area contributed by atoms with Gasteiger partial charge in [-0.2, -0.15) is 5.10 Å². The molecule has 1 fully saturated rings. The second-order valence-corrected chi connectivity index (χ2v) is 4.94. The van der Waals surface area contributed by atoms with E-state index >= 15 is 0 Å². The van der Waals surface area contributed by atoms with Crippen LogP contribution in [0.1, 0.15) is 31.2 Å². The molecule has 0 heterocycles. The zero-order chi connectivity index (χ0) is 13.5. The maximum atomic E-state index is 5.18. The van der Waals surface area contributed by atoms with Crippen molar-refractivity contribution in [3.8, 4) is 5.75 Å². The van der Waals surface area contributed by atoms with Crippen LogP contribution in [-0.4, -0.2) is 17.9 Å². The van der Waals surface area contributed by atoms with Gasteiger partial charge >= 0.3 is 0 Å². The third kappa shape index (κ3) is 4.52. The van der Waals surface area contributed by atoms with Crippen molar-refractivity contribution in [2.75, 3.05) is 7.11 Å². The summed E-state index contributed by atoms with van der Waals surface area (Å²) in [6, 6.07) is 7.90. The third-order valence-corrected chi connectivity index (χ3v) is 3.34. The number of thiocarbonyl (C=S) groups is 1. The maximum absolute atomic E-state index is 5.18. The minimum atomic E-state index is 0.565. The molecule has 0 unspecified atom stereocenters. The molecule has 1 saturated carbocycles. The highest BCUT2D eigenvalue weighted by molar-refractivity contribution is 7.80. The van der Waals surface area contributed by atoms with Crippen LogP contribution in [-0.2, 0) is 6.54 Å². The first-order chi connectivity index (χ1) is 9.28. The highest BCUT2D eigenvalue weighted by Gasteiger charge is 2.07. The summed E-state index contributed by atoms with van der Waals surface area (Å²) in [5, 5.41) is 8.00. The Morgan fingerprint density at radius 1 is 1.26 bits per heavy atom. The molecule has 5 heteroatoms. The molecule has 19 heavy (non-hydrogen) atoms. The number of methoxy groups -OCH3 is 1. The van der Waals surface area contributed by atoms with Gasteiger partial charge in [0.25, 0.3) is 0 Å². The van der Waals surface area contributed by atoms with Gasteiger partial charge < -0.3 is 10.1 Å². The molecule has 0 radical (unpaired) electrons. The lowest BCUT2D eigenvalue weighted by molar-refractivity contribution is 0.414. The predicted molar refractivity (Wildman–Crippen MR) is 81.5 cm³/mol. The van der Waals surface area contributed by atoms with Crippen LogP contribution in [0.25, 0.3) is 0 Å². The Kier molecular flexibility index (Phi) is 5.15. The molecule has 0 atom stereocenters. The Morgan fingerprint density at radius 3 is 2.58 bits per heavy atom. The van der Waals surface area contributed by atoms with Gasteiger partial charge in [0, 0.05) is 12.3 Å². The number of hydrogen-bond acceptors (Lipinski definition) is 3. The standard InChI is InChI=1S/C14H19N3OS/c1-18-13-8-6-11(7-9-13)10-15-14(19)17-16-12-4-2-3-5-12/h6-9H,2-5,10H2,1H3,(H2,15,17,19). The predicted octanol–water partition coefficient (Wildman–Crippen LogP) is 2.59. The SMILES string of the molecule is COc1ccc(CNC(=S)NN=C2CCCC2)cc1. The molecule has 0 saturated heterocycles. The lowest BCUT2D eigenvalue weighted by Gasteiger charge is -2.08. The molecular formula is C14H19N3OS. The first-order valence-electron chi connectivity index (χ1n) is 6.50. The number of hydrogen-bond donors (Lipinski definition) is 2. The molecule has 0 spiro atoms. The molecule has 1 aliphatic carbocycles. The highest BCUT2D eigenvalue weighted by atomic mass is 32.1. The molecular weight excluding hydrogens is 258 g/mol. The van der Waals surface area contributed by atoms with Crippen LogP contribution in [0.2, 0.25) is 0 Å². The van der Waals surface area contributed by atoms with Gasteiger partial charge in [-0.3, -0.25) is 5.43 Å². The fourth-order valence-corrected chi connectivity index (χ4v) is 2.11. The van der Waals surface area contributed by atoms with Gasteiger partial charge in [-0.05, 0) is 55.6 Å². The summed E-state index contributed by atoms with van der Waals surface area (Å²) in [6.07, 6.45) is 4.67.